The van der Waals surface area contributed by atoms with Gasteiger partial charge in [0.15, 0.2) is 0 Å². The molecule has 1 aromatic heterocycles. The summed E-state index contributed by atoms with van der Waals surface area (Å²) in [7, 11) is 1.56. The fraction of sp³-hybridized carbons (Fsp3) is 0.368. The van der Waals surface area contributed by atoms with E-state index in [2.05, 4.69) is 24.0 Å². The van der Waals surface area contributed by atoms with E-state index >= 15 is 0 Å². The lowest BCUT2D eigenvalue weighted by atomic mass is 9.89. The van der Waals surface area contributed by atoms with E-state index in [1.165, 1.54) is 0 Å². The van der Waals surface area contributed by atoms with Crippen LogP contribution >= 0.6 is 11.6 Å². The predicted molar refractivity (Wildman–Crippen MR) is 94.3 cm³/mol. The number of rotatable bonds is 4. The zero-order valence-electron chi connectivity index (χ0n) is 13.9. The summed E-state index contributed by atoms with van der Waals surface area (Å²) in [5.74, 6) is 0.333. The number of ether oxygens (including phenoxy) is 1. The van der Waals surface area contributed by atoms with Crippen LogP contribution in [-0.2, 0) is 4.79 Å². The first kappa shape index (κ1) is 16.8. The van der Waals surface area contributed by atoms with Crippen LogP contribution in [0.2, 0.25) is 5.15 Å². The van der Waals surface area contributed by atoms with Crippen LogP contribution in [-0.4, -0.2) is 29.4 Å². The molecule has 2 aromatic rings. The normalized spacial score (nSPS) is 19.2. The van der Waals surface area contributed by atoms with Gasteiger partial charge in [-0.2, -0.15) is 0 Å². The second-order valence-electron chi connectivity index (χ2n) is 6.05. The molecular formula is C19H21ClN2O2. The highest BCUT2D eigenvalue weighted by Crippen LogP contribution is 2.36. The Hall–Kier alpha value is -2.07. The van der Waals surface area contributed by atoms with Gasteiger partial charge in [0.2, 0.25) is 11.8 Å². The van der Waals surface area contributed by atoms with Gasteiger partial charge in [0.05, 0.1) is 19.1 Å². The lowest BCUT2D eigenvalue weighted by Crippen LogP contribution is -2.41. The highest BCUT2D eigenvalue weighted by Gasteiger charge is 2.34. The summed E-state index contributed by atoms with van der Waals surface area (Å²) >= 11 is 5.94. The summed E-state index contributed by atoms with van der Waals surface area (Å²) in [6.45, 7) is 2.85. The Morgan fingerprint density at radius 1 is 1.25 bits per heavy atom. The number of likely N-dealkylation sites (tertiary alicyclic amines) is 1. The van der Waals surface area contributed by atoms with Crippen LogP contribution in [0, 0.1) is 0 Å². The van der Waals surface area contributed by atoms with E-state index in [0.717, 1.165) is 30.5 Å². The Kier molecular flexibility index (Phi) is 5.05. The number of hydrogen-bond donors (Lipinski definition) is 0. The molecule has 1 amide bonds. The number of methoxy groups -OCH3 is 1. The van der Waals surface area contributed by atoms with Crippen LogP contribution in [0.3, 0.4) is 0 Å². The van der Waals surface area contributed by atoms with E-state index in [0.29, 0.717) is 11.0 Å². The van der Waals surface area contributed by atoms with Crippen molar-refractivity contribution in [2.45, 2.75) is 31.7 Å². The maximum atomic E-state index is 13.1. The number of carbonyl (C=O) groups excluding carboxylic acids is 1. The van der Waals surface area contributed by atoms with Crippen molar-refractivity contribution in [1.82, 2.24) is 9.88 Å². The van der Waals surface area contributed by atoms with Crippen molar-refractivity contribution >= 4 is 17.5 Å². The van der Waals surface area contributed by atoms with Crippen molar-refractivity contribution < 1.29 is 9.53 Å². The summed E-state index contributed by atoms with van der Waals surface area (Å²) in [6.07, 6.45) is 1.76. The molecule has 2 heterocycles. The lowest BCUT2D eigenvalue weighted by molar-refractivity contribution is -0.137. The lowest BCUT2D eigenvalue weighted by Gasteiger charge is -2.37. The molecule has 1 aromatic carbocycles. The number of piperidine rings is 1. The number of carbonyl (C=O) groups is 1. The molecule has 0 radical (unpaired) electrons. The second-order valence-corrected chi connectivity index (χ2v) is 6.43. The molecule has 0 aliphatic carbocycles. The molecule has 0 bridgehead atoms. The standard InChI is InChI=1S/C19H21ClN2O2/c1-13(14-7-4-3-5-8-14)22-12-6-9-16(19(22)23)15-10-11-17(20)21-18(15)24-2/h3-5,7-8,10-11,13,16H,6,9,12H2,1-2H3/t13-,16?/m0/s1. The molecule has 2 atom stereocenters. The molecule has 24 heavy (non-hydrogen) atoms. The molecule has 126 valence electrons. The smallest absolute Gasteiger partial charge is 0.230 e. The van der Waals surface area contributed by atoms with Crippen molar-refractivity contribution in [3.63, 3.8) is 0 Å². The maximum Gasteiger partial charge on any atom is 0.230 e. The van der Waals surface area contributed by atoms with E-state index in [1.807, 2.05) is 29.2 Å². The van der Waals surface area contributed by atoms with Gasteiger partial charge >= 0.3 is 0 Å². The Morgan fingerprint density at radius 3 is 2.71 bits per heavy atom. The monoisotopic (exact) mass is 344 g/mol. The van der Waals surface area contributed by atoms with Crippen molar-refractivity contribution in [3.8, 4) is 5.88 Å². The fourth-order valence-electron chi connectivity index (χ4n) is 3.34. The molecule has 0 saturated carbocycles. The zero-order valence-corrected chi connectivity index (χ0v) is 14.7. The molecule has 0 N–H and O–H groups in total. The van der Waals surface area contributed by atoms with Gasteiger partial charge in [0.1, 0.15) is 5.15 Å². The number of pyridine rings is 1. The third-order valence-corrected chi connectivity index (χ3v) is 4.86. The highest BCUT2D eigenvalue weighted by molar-refractivity contribution is 6.29. The SMILES string of the molecule is COc1nc(Cl)ccc1C1CCCN([C@@H](C)c2ccccc2)C1=O. The van der Waals surface area contributed by atoms with Gasteiger partial charge in [-0.05, 0) is 37.5 Å². The zero-order chi connectivity index (χ0) is 17.1. The molecule has 1 aliphatic rings. The van der Waals surface area contributed by atoms with Gasteiger partial charge in [-0.3, -0.25) is 4.79 Å². The summed E-state index contributed by atoms with van der Waals surface area (Å²) in [5, 5.41) is 0.369. The van der Waals surface area contributed by atoms with Crippen LogP contribution in [0.25, 0.3) is 0 Å². The van der Waals surface area contributed by atoms with Gasteiger partial charge in [0, 0.05) is 12.1 Å². The Labute approximate surface area is 147 Å². The van der Waals surface area contributed by atoms with E-state index in [9.17, 15) is 4.79 Å². The molecule has 4 nitrogen and oxygen atoms in total. The summed E-state index contributed by atoms with van der Waals surface area (Å²) in [6, 6.07) is 13.7. The third-order valence-electron chi connectivity index (χ3n) is 4.65. The minimum atomic E-state index is -0.232. The highest BCUT2D eigenvalue weighted by atomic mass is 35.5. The minimum absolute atomic E-state index is 0.0488. The van der Waals surface area contributed by atoms with Gasteiger partial charge in [-0.25, -0.2) is 4.98 Å². The molecule has 1 saturated heterocycles. The average molecular weight is 345 g/mol. The average Bonchev–Trinajstić information content (AvgIpc) is 2.62. The largest absolute Gasteiger partial charge is 0.481 e. The van der Waals surface area contributed by atoms with Crippen molar-refractivity contribution in [3.05, 3.63) is 58.7 Å². The van der Waals surface area contributed by atoms with Gasteiger partial charge in [-0.15, -0.1) is 0 Å². The summed E-state index contributed by atoms with van der Waals surface area (Å²) in [4.78, 5) is 19.3. The quantitative estimate of drug-likeness (QED) is 0.780. The summed E-state index contributed by atoms with van der Waals surface area (Å²) in [5.41, 5.74) is 1.96. The van der Waals surface area contributed by atoms with Gasteiger partial charge in [0.25, 0.3) is 0 Å². The summed E-state index contributed by atoms with van der Waals surface area (Å²) < 4.78 is 5.34. The van der Waals surface area contributed by atoms with Gasteiger partial charge in [-0.1, -0.05) is 41.9 Å². The second kappa shape index (κ2) is 7.22. The molecular weight excluding hydrogens is 324 g/mol. The first-order valence-corrected chi connectivity index (χ1v) is 8.55. The fourth-order valence-corrected chi connectivity index (χ4v) is 3.48. The number of halogens is 1. The molecule has 0 spiro atoms. The predicted octanol–water partition coefficient (Wildman–Crippen LogP) is 4.21. The Morgan fingerprint density at radius 2 is 2.00 bits per heavy atom. The first-order chi connectivity index (χ1) is 11.6. The number of hydrogen-bond acceptors (Lipinski definition) is 3. The Balaban J connectivity index is 1.88. The molecule has 1 fully saturated rings. The van der Waals surface area contributed by atoms with Crippen molar-refractivity contribution in [2.75, 3.05) is 13.7 Å². The maximum absolute atomic E-state index is 13.1. The van der Waals surface area contributed by atoms with Crippen molar-refractivity contribution in [1.29, 1.82) is 0 Å². The van der Waals surface area contributed by atoms with E-state index in [1.54, 1.807) is 13.2 Å². The number of aromatic nitrogens is 1. The van der Waals surface area contributed by atoms with Crippen LogP contribution in [0.15, 0.2) is 42.5 Å². The third kappa shape index (κ3) is 3.24. The number of nitrogens with zero attached hydrogens (tertiary/aromatic N) is 2. The van der Waals surface area contributed by atoms with E-state index < -0.39 is 0 Å². The first-order valence-electron chi connectivity index (χ1n) is 8.17. The molecule has 3 rings (SSSR count). The molecule has 1 aliphatic heterocycles. The Bertz CT molecular complexity index is 721. The van der Waals surface area contributed by atoms with E-state index in [-0.39, 0.29) is 17.9 Å². The van der Waals surface area contributed by atoms with Crippen LogP contribution in [0.1, 0.15) is 42.9 Å². The van der Waals surface area contributed by atoms with Crippen molar-refractivity contribution in [2.24, 2.45) is 0 Å². The topological polar surface area (TPSA) is 42.4 Å². The number of amides is 1. The van der Waals surface area contributed by atoms with E-state index in [4.69, 9.17) is 16.3 Å². The van der Waals surface area contributed by atoms with Crippen LogP contribution in [0.5, 0.6) is 5.88 Å². The van der Waals surface area contributed by atoms with Crippen LogP contribution < -0.4 is 4.74 Å². The van der Waals surface area contributed by atoms with Gasteiger partial charge < -0.3 is 9.64 Å². The minimum Gasteiger partial charge on any atom is -0.481 e. The molecule has 1 unspecified atom stereocenters. The number of benzene rings is 1. The van der Waals surface area contributed by atoms with Crippen LogP contribution in [0.4, 0.5) is 0 Å². The molecule has 5 heteroatoms.